The van der Waals surface area contributed by atoms with E-state index in [0.29, 0.717) is 13.1 Å². The van der Waals surface area contributed by atoms with Crippen molar-refractivity contribution in [3.8, 4) is 0 Å². The quantitative estimate of drug-likeness (QED) is 0.327. The predicted molar refractivity (Wildman–Crippen MR) is 237 cm³/mol. The SMILES string of the molecule is CC(C)(C)c1ccc(C2=NCC(C3=CC4=C(CC3)C3=C(C=C(C5=CNC(c6ccc(C(C)(C)C)cc6)=NC5)CC3)C43C4=C(CCC=C4)C4=C3C=CCC4)=CN2)cc1. The molecule has 2 aromatic carbocycles. The second-order valence-electron chi connectivity index (χ2n) is 19.2. The molecule has 0 amide bonds. The molecule has 0 bridgehead atoms. The first-order valence-corrected chi connectivity index (χ1v) is 21.4. The summed E-state index contributed by atoms with van der Waals surface area (Å²) >= 11 is 0. The summed E-state index contributed by atoms with van der Waals surface area (Å²) in [5, 5.41) is 7.23. The van der Waals surface area contributed by atoms with Gasteiger partial charge >= 0.3 is 0 Å². The first kappa shape index (κ1) is 36.1. The van der Waals surface area contributed by atoms with Crippen molar-refractivity contribution in [2.24, 2.45) is 15.4 Å². The second kappa shape index (κ2) is 13.4. The van der Waals surface area contributed by atoms with E-state index in [2.05, 4.69) is 150 Å². The van der Waals surface area contributed by atoms with Crippen LogP contribution in [0.3, 0.4) is 0 Å². The Morgan fingerprint density at radius 2 is 0.877 bits per heavy atom. The van der Waals surface area contributed by atoms with Gasteiger partial charge in [-0.3, -0.25) is 9.98 Å². The van der Waals surface area contributed by atoms with Crippen LogP contribution in [0.2, 0.25) is 0 Å². The predicted octanol–water partition coefficient (Wildman–Crippen LogP) is 11.8. The summed E-state index contributed by atoms with van der Waals surface area (Å²) in [6, 6.07) is 17.8. The van der Waals surface area contributed by atoms with Crippen molar-refractivity contribution in [2.75, 3.05) is 13.1 Å². The molecule has 0 saturated heterocycles. The van der Waals surface area contributed by atoms with Crippen LogP contribution < -0.4 is 10.6 Å². The summed E-state index contributed by atoms with van der Waals surface area (Å²) in [4.78, 5) is 10.2. The van der Waals surface area contributed by atoms with Gasteiger partial charge < -0.3 is 10.6 Å². The molecule has 288 valence electrons. The molecular weight excluding hydrogens is 693 g/mol. The smallest absolute Gasteiger partial charge is 0.132 e. The average Bonchev–Trinajstić information content (AvgIpc) is 3.70. The van der Waals surface area contributed by atoms with Crippen molar-refractivity contribution < 1.29 is 0 Å². The number of fused-ring (bicyclic) bond motifs is 6. The van der Waals surface area contributed by atoms with Crippen LogP contribution in [0, 0.1) is 5.41 Å². The monoisotopic (exact) mass is 748 g/mol. The molecule has 0 fully saturated rings. The molecule has 4 nitrogen and oxygen atoms in total. The third-order valence-corrected chi connectivity index (χ3v) is 13.7. The summed E-state index contributed by atoms with van der Waals surface area (Å²) in [5.41, 5.74) is 23.1. The lowest BCUT2D eigenvalue weighted by Crippen LogP contribution is -2.28. The van der Waals surface area contributed by atoms with Crippen LogP contribution in [-0.4, -0.2) is 24.8 Å². The minimum absolute atomic E-state index is 0.133. The molecule has 1 spiro atoms. The lowest BCUT2D eigenvalue weighted by molar-refractivity contribution is 0.590. The molecule has 0 radical (unpaired) electrons. The largest absolute Gasteiger partial charge is 0.346 e. The fraction of sp³-hybridized carbons (Fsp3) is 0.358. The van der Waals surface area contributed by atoms with Crippen LogP contribution in [0.15, 0.2) is 174 Å². The maximum absolute atomic E-state index is 5.12. The van der Waals surface area contributed by atoms with Crippen LogP contribution >= 0.6 is 0 Å². The first-order valence-electron chi connectivity index (χ1n) is 21.4. The Hall–Kier alpha value is -5.22. The zero-order valence-corrected chi connectivity index (χ0v) is 34.7. The van der Waals surface area contributed by atoms with Crippen LogP contribution in [0.5, 0.6) is 0 Å². The van der Waals surface area contributed by atoms with Gasteiger partial charge in [-0.2, -0.15) is 0 Å². The Morgan fingerprint density at radius 1 is 0.474 bits per heavy atom. The fourth-order valence-corrected chi connectivity index (χ4v) is 10.6. The van der Waals surface area contributed by atoms with Gasteiger partial charge in [0.15, 0.2) is 0 Å². The van der Waals surface area contributed by atoms with Crippen molar-refractivity contribution >= 4 is 11.7 Å². The van der Waals surface area contributed by atoms with Gasteiger partial charge in [0, 0.05) is 23.5 Å². The average molecular weight is 749 g/mol. The Morgan fingerprint density at radius 3 is 1.25 bits per heavy atom. The number of benzene rings is 2. The van der Waals surface area contributed by atoms with E-state index in [0.717, 1.165) is 74.2 Å². The van der Waals surface area contributed by atoms with Gasteiger partial charge in [-0.25, -0.2) is 0 Å². The summed E-state index contributed by atoms with van der Waals surface area (Å²) in [6.45, 7) is 15.0. The number of rotatable bonds is 4. The lowest BCUT2D eigenvalue weighted by atomic mass is 9.64. The Labute approximate surface area is 339 Å². The summed E-state index contributed by atoms with van der Waals surface area (Å²) in [6.07, 6.45) is 28.4. The Bertz CT molecular complexity index is 2300. The molecular formula is C53H56N4. The lowest BCUT2D eigenvalue weighted by Gasteiger charge is -2.38. The van der Waals surface area contributed by atoms with E-state index >= 15 is 0 Å². The van der Waals surface area contributed by atoms with Crippen LogP contribution in [-0.2, 0) is 10.8 Å². The van der Waals surface area contributed by atoms with Crippen molar-refractivity contribution in [3.05, 3.63) is 187 Å². The van der Waals surface area contributed by atoms with Crippen molar-refractivity contribution in [1.29, 1.82) is 0 Å². The highest BCUT2D eigenvalue weighted by Crippen LogP contribution is 2.68. The molecule has 2 aromatic rings. The van der Waals surface area contributed by atoms with Crippen LogP contribution in [0.25, 0.3) is 0 Å². The summed E-state index contributed by atoms with van der Waals surface area (Å²) in [5.74, 6) is 1.92. The van der Waals surface area contributed by atoms with Gasteiger partial charge in [-0.05, 0) is 140 Å². The maximum atomic E-state index is 5.12. The third kappa shape index (κ3) is 5.93. The van der Waals surface area contributed by atoms with Gasteiger partial charge in [0.25, 0.3) is 0 Å². The van der Waals surface area contributed by atoms with E-state index in [-0.39, 0.29) is 16.2 Å². The van der Waals surface area contributed by atoms with E-state index in [1.54, 1.807) is 33.4 Å². The standard InChI is InChI=1S/C53H56N4/c1-51(2,3)39-21-15-33(16-22-39)49-54-29-37(30-55-49)35-19-25-43-44-26-20-36(38-31-56-50(57-32-38)34-17-23-40(24-18-34)52(4,5)6)28-48(44)53(47(43)27-35)45-13-9-7-11-41(45)42-12-8-10-14-46(42)53/h9-10,13-18,21-24,27-29,31H,7-8,11-12,19-20,25-26,30,32H2,1-6H3,(H,54,55)(H,56,57). The first-order chi connectivity index (χ1) is 27.5. The minimum Gasteiger partial charge on any atom is -0.346 e. The Balaban J connectivity index is 0.988. The van der Waals surface area contributed by atoms with Gasteiger partial charge in [0.2, 0.25) is 0 Å². The second-order valence-corrected chi connectivity index (χ2v) is 19.2. The van der Waals surface area contributed by atoms with Crippen molar-refractivity contribution in [2.45, 2.75) is 104 Å². The van der Waals surface area contributed by atoms with Crippen molar-refractivity contribution in [3.63, 3.8) is 0 Å². The molecule has 0 atom stereocenters. The maximum Gasteiger partial charge on any atom is 0.132 e. The molecule has 6 aliphatic carbocycles. The molecule has 0 saturated carbocycles. The number of allylic oxidation sites excluding steroid dienone is 14. The number of nitrogens with one attached hydrogen (secondary N) is 2. The topological polar surface area (TPSA) is 48.8 Å². The third-order valence-electron chi connectivity index (χ3n) is 13.7. The highest BCUT2D eigenvalue weighted by Gasteiger charge is 2.55. The van der Waals surface area contributed by atoms with Gasteiger partial charge in [-0.15, -0.1) is 0 Å². The Kier molecular flexibility index (Phi) is 8.52. The van der Waals surface area contributed by atoms with E-state index in [1.165, 1.54) is 44.6 Å². The van der Waals surface area contributed by atoms with Crippen LogP contribution in [0.4, 0.5) is 0 Å². The number of aliphatic imine (C=N–C) groups is 2. The molecule has 2 heterocycles. The molecule has 4 heteroatoms. The van der Waals surface area contributed by atoms with Crippen LogP contribution in [0.1, 0.15) is 115 Å². The minimum atomic E-state index is -0.252. The normalized spacial score (nSPS) is 22.5. The molecule has 57 heavy (non-hydrogen) atoms. The highest BCUT2D eigenvalue weighted by molar-refractivity contribution is 6.01. The summed E-state index contributed by atoms with van der Waals surface area (Å²) in [7, 11) is 0. The van der Waals surface area contributed by atoms with Gasteiger partial charge in [0.1, 0.15) is 11.7 Å². The fourth-order valence-electron chi connectivity index (χ4n) is 10.6. The molecule has 10 rings (SSSR count). The number of amidine groups is 2. The van der Waals surface area contributed by atoms with E-state index in [9.17, 15) is 0 Å². The van der Waals surface area contributed by atoms with Crippen molar-refractivity contribution in [1.82, 2.24) is 10.6 Å². The molecule has 0 unspecified atom stereocenters. The molecule has 2 N–H and O–H groups in total. The number of hydrogen-bond donors (Lipinski definition) is 2. The van der Waals surface area contributed by atoms with E-state index < -0.39 is 0 Å². The molecule has 2 aliphatic heterocycles. The molecule has 8 aliphatic rings. The highest BCUT2D eigenvalue weighted by atomic mass is 15.0. The molecule has 0 aromatic heterocycles. The number of nitrogens with zero attached hydrogens (tertiary/aromatic N) is 2. The number of hydrogen-bond acceptors (Lipinski definition) is 4. The van der Waals surface area contributed by atoms with Gasteiger partial charge in [-0.1, -0.05) is 127 Å². The van der Waals surface area contributed by atoms with E-state index in [4.69, 9.17) is 9.98 Å². The zero-order valence-electron chi connectivity index (χ0n) is 34.7. The van der Waals surface area contributed by atoms with Gasteiger partial charge in [0.05, 0.1) is 18.5 Å². The zero-order chi connectivity index (χ0) is 39.1. The summed E-state index contributed by atoms with van der Waals surface area (Å²) < 4.78 is 0. The van der Waals surface area contributed by atoms with E-state index in [1.807, 2.05) is 0 Å².